The first kappa shape index (κ1) is 39.9. The summed E-state index contributed by atoms with van der Waals surface area (Å²) in [6.45, 7) is 18.4. The molecule has 2 aromatic rings. The van der Waals surface area contributed by atoms with E-state index in [1.807, 2.05) is 18.2 Å². The van der Waals surface area contributed by atoms with Gasteiger partial charge in [-0.1, -0.05) is 43.2 Å². The summed E-state index contributed by atoms with van der Waals surface area (Å²) in [5, 5.41) is 16.5. The van der Waals surface area contributed by atoms with Gasteiger partial charge in [-0.3, -0.25) is 4.90 Å². The number of nitrogens with one attached hydrogen (secondary N) is 2. The van der Waals surface area contributed by atoms with Gasteiger partial charge in [-0.2, -0.15) is 0 Å². The molecule has 0 bridgehead atoms. The summed E-state index contributed by atoms with van der Waals surface area (Å²) >= 11 is 0. The predicted octanol–water partition coefficient (Wildman–Crippen LogP) is 6.37. The molecule has 1 aliphatic rings. The Balaban J connectivity index is 0.000000879. The third-order valence-electron chi connectivity index (χ3n) is 7.36. The molecule has 9 nitrogen and oxygen atoms in total. The van der Waals surface area contributed by atoms with Crippen molar-refractivity contribution in [3.05, 3.63) is 71.1 Å². The number of anilines is 1. The first-order valence-corrected chi connectivity index (χ1v) is 16.6. The summed E-state index contributed by atoms with van der Waals surface area (Å²) in [4.78, 5) is 7.34. The second kappa shape index (κ2) is 25.1. The van der Waals surface area contributed by atoms with Crippen molar-refractivity contribution >= 4 is 17.0 Å². The smallest absolute Gasteiger partial charge is 0.203 e. The van der Waals surface area contributed by atoms with E-state index in [4.69, 9.17) is 15.5 Å². The van der Waals surface area contributed by atoms with Gasteiger partial charge >= 0.3 is 0 Å². The minimum Gasteiger partial charge on any atom is -0.405 e. The number of nitrogens with zero attached hydrogens (tertiary/aromatic N) is 3. The van der Waals surface area contributed by atoms with Crippen LogP contribution in [0.5, 0.6) is 0 Å². The molecule has 1 aromatic heterocycles. The number of hydrogen-bond donors (Lipinski definition) is 4. The Bertz CT molecular complexity index is 1180. The van der Waals surface area contributed by atoms with Crippen LogP contribution in [-0.2, 0) is 22.6 Å². The molecule has 3 rings (SSSR count). The van der Waals surface area contributed by atoms with Gasteiger partial charge in [-0.05, 0) is 95.5 Å². The van der Waals surface area contributed by atoms with E-state index in [9.17, 15) is 5.11 Å². The van der Waals surface area contributed by atoms with Crippen molar-refractivity contribution in [1.82, 2.24) is 19.8 Å². The highest BCUT2D eigenvalue weighted by molar-refractivity contribution is 5.79. The van der Waals surface area contributed by atoms with Crippen LogP contribution in [0.1, 0.15) is 72.3 Å². The molecular weight excluding hydrogens is 564 g/mol. The van der Waals surface area contributed by atoms with Gasteiger partial charge in [0.1, 0.15) is 0 Å². The molecule has 1 saturated heterocycles. The maximum absolute atomic E-state index is 9.23. The molecule has 254 valence electrons. The zero-order chi connectivity index (χ0) is 33.3. The van der Waals surface area contributed by atoms with Gasteiger partial charge in [0.05, 0.1) is 24.2 Å². The van der Waals surface area contributed by atoms with E-state index in [1.165, 1.54) is 34.1 Å². The zero-order valence-corrected chi connectivity index (χ0v) is 29.2. The predicted molar refractivity (Wildman–Crippen MR) is 191 cm³/mol. The minimum absolute atomic E-state index is 0.225. The summed E-state index contributed by atoms with van der Waals surface area (Å²) in [5.74, 6) is 0.955. The van der Waals surface area contributed by atoms with Crippen molar-refractivity contribution in [3.63, 3.8) is 0 Å². The molecule has 9 heteroatoms. The number of allylic oxidation sites excluding steroid dienone is 6. The Hall–Kier alpha value is -3.11. The average Bonchev–Trinajstić information content (AvgIpc) is 3.41. The van der Waals surface area contributed by atoms with Crippen LogP contribution in [0.3, 0.4) is 0 Å². The fraction of sp³-hybridized carbons (Fsp3) is 0.583. The van der Waals surface area contributed by atoms with Gasteiger partial charge in [-0.15, -0.1) is 0 Å². The van der Waals surface area contributed by atoms with E-state index in [1.54, 1.807) is 14.2 Å². The minimum atomic E-state index is 0.225. The van der Waals surface area contributed by atoms with E-state index >= 15 is 0 Å². The Kier molecular flexibility index (Phi) is 22.3. The van der Waals surface area contributed by atoms with Crippen LogP contribution < -0.4 is 16.4 Å². The molecule has 1 aliphatic heterocycles. The van der Waals surface area contributed by atoms with Gasteiger partial charge in [0, 0.05) is 59.2 Å². The highest BCUT2D eigenvalue weighted by atomic mass is 16.5. The highest BCUT2D eigenvalue weighted by Gasteiger charge is 2.12. The lowest BCUT2D eigenvalue weighted by Crippen LogP contribution is -2.37. The molecule has 45 heavy (non-hydrogen) atoms. The van der Waals surface area contributed by atoms with Crippen molar-refractivity contribution in [2.75, 3.05) is 65.5 Å². The quantitative estimate of drug-likeness (QED) is 0.126. The third-order valence-corrected chi connectivity index (χ3v) is 7.36. The molecule has 0 aliphatic carbocycles. The molecule has 0 unspecified atom stereocenters. The number of aromatic nitrogens is 2. The second-order valence-corrected chi connectivity index (χ2v) is 11.1. The van der Waals surface area contributed by atoms with Crippen LogP contribution in [0.4, 0.5) is 5.95 Å². The van der Waals surface area contributed by atoms with Gasteiger partial charge in [0.2, 0.25) is 5.95 Å². The van der Waals surface area contributed by atoms with Crippen molar-refractivity contribution < 1.29 is 14.6 Å². The number of benzene rings is 1. The van der Waals surface area contributed by atoms with E-state index in [0.717, 1.165) is 96.1 Å². The fourth-order valence-corrected chi connectivity index (χ4v) is 4.69. The lowest BCUT2D eigenvalue weighted by molar-refractivity contribution is 0.0378. The summed E-state index contributed by atoms with van der Waals surface area (Å²) in [7, 11) is 3.25. The molecule has 5 N–H and O–H groups in total. The summed E-state index contributed by atoms with van der Waals surface area (Å²) in [5.41, 5.74) is 12.3. The van der Waals surface area contributed by atoms with Gasteiger partial charge in [0.25, 0.3) is 0 Å². The summed E-state index contributed by atoms with van der Waals surface area (Å²) < 4.78 is 12.0. The van der Waals surface area contributed by atoms with Crippen molar-refractivity contribution in [3.8, 4) is 0 Å². The van der Waals surface area contributed by atoms with E-state index < -0.39 is 0 Å². The molecule has 0 atom stereocenters. The van der Waals surface area contributed by atoms with Crippen molar-refractivity contribution in [1.29, 1.82) is 0 Å². The molecule has 0 radical (unpaired) electrons. The molecule has 2 heterocycles. The van der Waals surface area contributed by atoms with Crippen LogP contribution in [0, 0.1) is 0 Å². The lowest BCUT2D eigenvalue weighted by atomic mass is 10.1. The van der Waals surface area contributed by atoms with E-state index in [-0.39, 0.29) is 6.61 Å². The standard InChI is InChI=1S/C28H45N5O2.C6H11N.C2H6O/c1-5-22(3)19-26(23(4)9-7-16-34)30-21-24-10-11-25-27(20-24)33(6-2)28(31-25)29-12-8-13-32-14-17-35-18-15-32;1-2-3-4-5-6-7;1-3-2/h10-11,19-20,30,34H,5-9,12-18,21H2,1-4H3,(H,29,31);3-6H,2,7H2,1H3;1-2H3/b22-19-,26-23-;4-3-,6-5-;. The third kappa shape index (κ3) is 16.1. The van der Waals surface area contributed by atoms with Crippen LogP contribution in [0.2, 0.25) is 0 Å². The number of aliphatic hydroxyl groups excluding tert-OH is 1. The molecular formula is C36H62N6O3. The molecule has 1 aromatic carbocycles. The van der Waals surface area contributed by atoms with E-state index in [0.29, 0.717) is 0 Å². The molecule has 0 amide bonds. The number of ether oxygens (including phenoxy) is 2. The van der Waals surface area contributed by atoms with Gasteiger partial charge < -0.3 is 35.5 Å². The number of methoxy groups -OCH3 is 1. The largest absolute Gasteiger partial charge is 0.405 e. The van der Waals surface area contributed by atoms with Crippen molar-refractivity contribution in [2.45, 2.75) is 79.8 Å². The first-order valence-electron chi connectivity index (χ1n) is 16.6. The molecule has 0 spiro atoms. The number of nitrogens with two attached hydrogens (primary N) is 1. The maximum atomic E-state index is 9.23. The summed E-state index contributed by atoms with van der Waals surface area (Å²) in [6, 6.07) is 6.56. The number of morpholine rings is 1. The topological polar surface area (TPSA) is 110 Å². The Labute approximate surface area is 273 Å². The van der Waals surface area contributed by atoms with Crippen LogP contribution in [-0.4, -0.2) is 79.8 Å². The molecule has 1 fully saturated rings. The number of imidazole rings is 1. The fourth-order valence-electron chi connectivity index (χ4n) is 4.69. The Morgan fingerprint density at radius 2 is 1.84 bits per heavy atom. The zero-order valence-electron chi connectivity index (χ0n) is 29.2. The van der Waals surface area contributed by atoms with Crippen LogP contribution in [0.15, 0.2) is 65.5 Å². The van der Waals surface area contributed by atoms with Gasteiger partial charge in [0.15, 0.2) is 0 Å². The van der Waals surface area contributed by atoms with Crippen LogP contribution in [0.25, 0.3) is 11.0 Å². The first-order chi connectivity index (χ1) is 21.9. The van der Waals surface area contributed by atoms with E-state index in [2.05, 4.69) is 83.7 Å². The number of aliphatic hydroxyl groups is 1. The van der Waals surface area contributed by atoms with Crippen LogP contribution >= 0.6 is 0 Å². The lowest BCUT2D eigenvalue weighted by Gasteiger charge is -2.26. The number of rotatable bonds is 16. The molecule has 0 saturated carbocycles. The maximum Gasteiger partial charge on any atom is 0.203 e. The number of hydrogen-bond acceptors (Lipinski definition) is 8. The normalized spacial score (nSPS) is 14.6. The second-order valence-electron chi connectivity index (χ2n) is 11.1. The van der Waals surface area contributed by atoms with Crippen molar-refractivity contribution in [2.24, 2.45) is 5.73 Å². The van der Waals surface area contributed by atoms with Gasteiger partial charge in [-0.25, -0.2) is 4.98 Å². The number of fused-ring (bicyclic) bond motifs is 1. The highest BCUT2D eigenvalue weighted by Crippen LogP contribution is 2.22. The Morgan fingerprint density at radius 1 is 1.11 bits per heavy atom. The average molecular weight is 627 g/mol. The Morgan fingerprint density at radius 3 is 2.47 bits per heavy atom. The monoisotopic (exact) mass is 626 g/mol. The summed E-state index contributed by atoms with van der Waals surface area (Å²) in [6.07, 6.45) is 14.4. The SMILES string of the molecule is CC/C(C)=C\C(NCc1ccc2nc(NCCCN3CCOCC3)n(CC)c2c1)=C(/C)CCCO.CC/C=C\C=C/N.COC. The number of aryl methyl sites for hydroxylation is 1.